The summed E-state index contributed by atoms with van der Waals surface area (Å²) in [5, 5.41) is 3.38. The number of fused-ring (bicyclic) bond motifs is 3. The first-order valence-corrected chi connectivity index (χ1v) is 12.7. The van der Waals surface area contributed by atoms with Crippen molar-refractivity contribution in [1.82, 2.24) is 14.5 Å². The molecule has 3 aromatic rings. The second-order valence-electron chi connectivity index (χ2n) is 7.75. The Morgan fingerprint density at radius 1 is 1.50 bits per heavy atom. The fourth-order valence-corrected chi connectivity index (χ4v) is 6.90. The Morgan fingerprint density at radius 2 is 2.33 bits per heavy atom. The Labute approximate surface area is 188 Å². The highest BCUT2D eigenvalue weighted by Crippen LogP contribution is 2.36. The van der Waals surface area contributed by atoms with E-state index in [1.165, 1.54) is 22.2 Å². The summed E-state index contributed by atoms with van der Waals surface area (Å²) in [5.41, 5.74) is 1.18. The Kier molecular flexibility index (Phi) is 6.46. The minimum Gasteiger partial charge on any atom is -0.340 e. The van der Waals surface area contributed by atoms with Crippen LogP contribution < -0.4 is 5.56 Å². The topological polar surface area (TPSA) is 55.2 Å². The van der Waals surface area contributed by atoms with Gasteiger partial charge in [0.15, 0.2) is 5.16 Å². The van der Waals surface area contributed by atoms with E-state index in [2.05, 4.69) is 13.5 Å². The second kappa shape index (κ2) is 9.08. The molecule has 0 aliphatic heterocycles. The number of nitrogens with zero attached hydrogens (tertiary/aromatic N) is 3. The number of amides is 1. The first-order valence-electron chi connectivity index (χ1n) is 10.0. The predicted octanol–water partition coefficient (Wildman–Crippen LogP) is 4.58. The number of hydrogen-bond acceptors (Lipinski definition) is 6. The highest BCUT2D eigenvalue weighted by Gasteiger charge is 2.25. The average molecular weight is 460 g/mol. The van der Waals surface area contributed by atoms with E-state index < -0.39 is 0 Å². The summed E-state index contributed by atoms with van der Waals surface area (Å²) in [6.07, 6.45) is 4.79. The molecule has 5 nitrogen and oxygen atoms in total. The van der Waals surface area contributed by atoms with Gasteiger partial charge in [-0.05, 0) is 42.2 Å². The Hall–Kier alpha value is -1.90. The molecule has 0 N–H and O–H groups in total. The fourth-order valence-electron chi connectivity index (χ4n) is 3.77. The number of allylic oxidation sites excluding steroid dienone is 1. The molecule has 0 fully saturated rings. The van der Waals surface area contributed by atoms with E-state index in [-0.39, 0.29) is 17.2 Å². The van der Waals surface area contributed by atoms with Crippen LogP contribution in [-0.4, -0.2) is 33.2 Å². The molecule has 1 atom stereocenters. The molecular weight excluding hydrogens is 434 g/mol. The van der Waals surface area contributed by atoms with Crippen molar-refractivity contribution in [2.24, 2.45) is 5.92 Å². The zero-order chi connectivity index (χ0) is 21.3. The third kappa shape index (κ3) is 4.26. The van der Waals surface area contributed by atoms with E-state index >= 15 is 0 Å². The van der Waals surface area contributed by atoms with Crippen LogP contribution in [0.2, 0.25) is 0 Å². The Balaban J connectivity index is 1.60. The molecule has 1 unspecified atom stereocenters. The van der Waals surface area contributed by atoms with Crippen LogP contribution in [0.1, 0.15) is 28.7 Å². The zero-order valence-electron chi connectivity index (χ0n) is 17.2. The molecule has 3 aromatic heterocycles. The summed E-state index contributed by atoms with van der Waals surface area (Å²) < 4.78 is 1.66. The molecule has 158 valence electrons. The normalized spacial score (nSPS) is 15.9. The maximum atomic E-state index is 13.3. The van der Waals surface area contributed by atoms with E-state index in [0.29, 0.717) is 24.2 Å². The van der Waals surface area contributed by atoms with Crippen LogP contribution in [-0.2, 0) is 30.7 Å². The standard InChI is InChI=1S/C22H25N3O2S3/c1-4-9-25-21(27)19-16-8-7-14(2)11-17(16)30-20(19)23-22(25)29-13-18(26)24(3)12-15-6-5-10-28-15/h4-6,10,14H,1,7-9,11-13H2,2-3H3. The third-order valence-electron chi connectivity index (χ3n) is 5.42. The van der Waals surface area contributed by atoms with Crippen LogP contribution in [0.25, 0.3) is 10.2 Å². The van der Waals surface area contributed by atoms with Crippen LogP contribution in [0, 0.1) is 5.92 Å². The molecule has 0 saturated heterocycles. The maximum absolute atomic E-state index is 13.3. The molecule has 1 aliphatic carbocycles. The van der Waals surface area contributed by atoms with Gasteiger partial charge in [-0.3, -0.25) is 14.2 Å². The van der Waals surface area contributed by atoms with Crippen molar-refractivity contribution >= 4 is 50.6 Å². The van der Waals surface area contributed by atoms with Crippen molar-refractivity contribution in [2.45, 2.75) is 44.4 Å². The van der Waals surface area contributed by atoms with E-state index in [4.69, 9.17) is 4.98 Å². The van der Waals surface area contributed by atoms with E-state index in [1.807, 2.05) is 24.6 Å². The minimum absolute atomic E-state index is 0.00570. The first kappa shape index (κ1) is 21.3. The van der Waals surface area contributed by atoms with Gasteiger partial charge in [0.25, 0.3) is 5.56 Å². The van der Waals surface area contributed by atoms with Gasteiger partial charge in [0.2, 0.25) is 5.91 Å². The lowest BCUT2D eigenvalue weighted by molar-refractivity contribution is -0.127. The number of carbonyl (C=O) groups excluding carboxylic acids is 1. The Morgan fingerprint density at radius 3 is 3.07 bits per heavy atom. The molecule has 0 radical (unpaired) electrons. The summed E-state index contributed by atoms with van der Waals surface area (Å²) in [6, 6.07) is 4.01. The highest BCUT2D eigenvalue weighted by molar-refractivity contribution is 7.99. The lowest BCUT2D eigenvalue weighted by atomic mass is 9.89. The monoisotopic (exact) mass is 459 g/mol. The summed E-state index contributed by atoms with van der Waals surface area (Å²) in [6.45, 7) is 7.05. The molecule has 0 bridgehead atoms. The smallest absolute Gasteiger partial charge is 0.263 e. The van der Waals surface area contributed by atoms with Crippen molar-refractivity contribution in [3.8, 4) is 0 Å². The van der Waals surface area contributed by atoms with Crippen molar-refractivity contribution in [1.29, 1.82) is 0 Å². The van der Waals surface area contributed by atoms with Gasteiger partial charge in [0, 0.05) is 23.3 Å². The number of thioether (sulfide) groups is 1. The highest BCUT2D eigenvalue weighted by atomic mass is 32.2. The molecule has 0 saturated carbocycles. The first-order chi connectivity index (χ1) is 14.5. The van der Waals surface area contributed by atoms with Gasteiger partial charge < -0.3 is 4.90 Å². The summed E-state index contributed by atoms with van der Waals surface area (Å²) in [5.74, 6) is 0.914. The van der Waals surface area contributed by atoms with Crippen LogP contribution >= 0.6 is 34.4 Å². The van der Waals surface area contributed by atoms with Crippen LogP contribution in [0.5, 0.6) is 0 Å². The van der Waals surface area contributed by atoms with E-state index in [0.717, 1.165) is 34.4 Å². The molecule has 4 rings (SSSR count). The average Bonchev–Trinajstić information content (AvgIpc) is 3.35. The largest absolute Gasteiger partial charge is 0.340 e. The van der Waals surface area contributed by atoms with E-state index in [9.17, 15) is 9.59 Å². The SMILES string of the molecule is C=CCn1c(SCC(=O)N(C)Cc2cccs2)nc2sc3c(c2c1=O)CCC(C)C3. The summed E-state index contributed by atoms with van der Waals surface area (Å²) in [4.78, 5) is 35.7. The number of aromatic nitrogens is 2. The van der Waals surface area contributed by atoms with Gasteiger partial charge in [-0.15, -0.1) is 29.3 Å². The van der Waals surface area contributed by atoms with Crippen molar-refractivity contribution in [3.05, 3.63) is 55.8 Å². The van der Waals surface area contributed by atoms with Gasteiger partial charge in [0.1, 0.15) is 4.83 Å². The zero-order valence-corrected chi connectivity index (χ0v) is 19.7. The maximum Gasteiger partial charge on any atom is 0.263 e. The number of carbonyl (C=O) groups is 1. The number of rotatable bonds is 7. The molecule has 0 aromatic carbocycles. The van der Waals surface area contributed by atoms with Gasteiger partial charge in [-0.2, -0.15) is 0 Å². The molecule has 1 amide bonds. The van der Waals surface area contributed by atoms with Crippen LogP contribution in [0.4, 0.5) is 0 Å². The van der Waals surface area contributed by atoms with Gasteiger partial charge >= 0.3 is 0 Å². The third-order valence-corrected chi connectivity index (χ3v) is 8.39. The predicted molar refractivity (Wildman–Crippen MR) is 127 cm³/mol. The Bertz CT molecular complexity index is 1130. The molecule has 8 heteroatoms. The second-order valence-corrected chi connectivity index (χ2v) is 10.8. The molecular formula is C22H25N3O2S3. The minimum atomic E-state index is -0.00570. The summed E-state index contributed by atoms with van der Waals surface area (Å²) in [7, 11) is 1.81. The van der Waals surface area contributed by atoms with Gasteiger partial charge in [-0.25, -0.2) is 4.98 Å². The van der Waals surface area contributed by atoms with Gasteiger partial charge in [0.05, 0.1) is 17.7 Å². The van der Waals surface area contributed by atoms with E-state index in [1.54, 1.807) is 38.2 Å². The van der Waals surface area contributed by atoms with Crippen molar-refractivity contribution in [2.75, 3.05) is 12.8 Å². The number of aryl methyl sites for hydroxylation is 1. The molecule has 3 heterocycles. The number of hydrogen-bond donors (Lipinski definition) is 0. The lowest BCUT2D eigenvalue weighted by Gasteiger charge is -2.18. The summed E-state index contributed by atoms with van der Waals surface area (Å²) >= 11 is 4.62. The van der Waals surface area contributed by atoms with Crippen molar-refractivity contribution in [3.63, 3.8) is 0 Å². The molecule has 30 heavy (non-hydrogen) atoms. The van der Waals surface area contributed by atoms with Crippen LogP contribution in [0.3, 0.4) is 0 Å². The molecule has 0 spiro atoms. The molecule has 1 aliphatic rings. The number of thiophene rings is 2. The van der Waals surface area contributed by atoms with Crippen LogP contribution in [0.15, 0.2) is 40.1 Å². The van der Waals surface area contributed by atoms with Crippen molar-refractivity contribution < 1.29 is 4.79 Å². The fraction of sp³-hybridized carbons (Fsp3) is 0.409. The van der Waals surface area contributed by atoms with Gasteiger partial charge in [-0.1, -0.05) is 30.8 Å². The lowest BCUT2D eigenvalue weighted by Crippen LogP contribution is -2.28. The quantitative estimate of drug-likeness (QED) is 0.295.